The van der Waals surface area contributed by atoms with E-state index in [1.165, 1.54) is 0 Å². The molecular weight excluding hydrogens is 142 g/mol. The monoisotopic (exact) mass is 155 g/mol. The maximum atomic E-state index is 11.4. The van der Waals surface area contributed by atoms with Crippen molar-refractivity contribution in [1.82, 2.24) is 4.90 Å². The lowest BCUT2D eigenvalue weighted by Gasteiger charge is -2.15. The minimum atomic E-state index is -0.412. The van der Waals surface area contributed by atoms with Crippen molar-refractivity contribution < 1.29 is 9.90 Å². The highest BCUT2D eigenvalue weighted by molar-refractivity contribution is 5.82. The maximum absolute atomic E-state index is 11.4. The second-order valence-corrected chi connectivity index (χ2v) is 3.52. The molecule has 2 aliphatic heterocycles. The molecule has 0 spiro atoms. The van der Waals surface area contributed by atoms with Crippen LogP contribution in [-0.2, 0) is 4.79 Å². The third-order valence-electron chi connectivity index (χ3n) is 2.88. The Bertz CT molecular complexity index is 193. The average molecular weight is 155 g/mol. The van der Waals surface area contributed by atoms with Crippen molar-refractivity contribution in [1.29, 1.82) is 0 Å². The summed E-state index contributed by atoms with van der Waals surface area (Å²) in [5, 5.41) is 9.58. The molecule has 3 unspecified atom stereocenters. The summed E-state index contributed by atoms with van der Waals surface area (Å²) in [5.74, 6) is -0.0275. The third-order valence-corrected chi connectivity index (χ3v) is 2.88. The van der Waals surface area contributed by atoms with Crippen LogP contribution in [0.3, 0.4) is 0 Å². The number of rotatable bonds is 0. The summed E-state index contributed by atoms with van der Waals surface area (Å²) < 4.78 is 0. The van der Waals surface area contributed by atoms with E-state index in [2.05, 4.69) is 0 Å². The van der Waals surface area contributed by atoms with Crippen LogP contribution in [-0.4, -0.2) is 34.6 Å². The summed E-state index contributed by atoms with van der Waals surface area (Å²) in [6.45, 7) is 2.66. The van der Waals surface area contributed by atoms with Crippen molar-refractivity contribution in [3.63, 3.8) is 0 Å². The lowest BCUT2D eigenvalue weighted by molar-refractivity contribution is -0.130. The molecule has 62 valence electrons. The van der Waals surface area contributed by atoms with Gasteiger partial charge in [0.25, 0.3) is 0 Å². The van der Waals surface area contributed by atoms with Gasteiger partial charge < -0.3 is 10.0 Å². The molecule has 0 aromatic rings. The van der Waals surface area contributed by atoms with Crippen molar-refractivity contribution in [3.05, 3.63) is 0 Å². The van der Waals surface area contributed by atoms with Crippen molar-refractivity contribution in [2.45, 2.75) is 31.9 Å². The van der Waals surface area contributed by atoms with Gasteiger partial charge in [-0.1, -0.05) is 6.92 Å². The zero-order chi connectivity index (χ0) is 8.01. The molecule has 1 amide bonds. The number of aliphatic hydroxyl groups excluding tert-OH is 1. The molecule has 0 aromatic carbocycles. The summed E-state index contributed by atoms with van der Waals surface area (Å²) in [6.07, 6.45) is 1.63. The van der Waals surface area contributed by atoms with E-state index in [0.29, 0.717) is 0 Å². The second kappa shape index (κ2) is 2.21. The van der Waals surface area contributed by atoms with Crippen molar-refractivity contribution in [2.75, 3.05) is 6.54 Å². The van der Waals surface area contributed by atoms with E-state index in [-0.39, 0.29) is 17.9 Å². The van der Waals surface area contributed by atoms with Crippen LogP contribution in [0.1, 0.15) is 19.8 Å². The highest BCUT2D eigenvalue weighted by Gasteiger charge is 2.46. The Balaban J connectivity index is 2.23. The minimum Gasteiger partial charge on any atom is -0.390 e. The highest BCUT2D eigenvalue weighted by Crippen LogP contribution is 2.32. The Morgan fingerprint density at radius 3 is 3.00 bits per heavy atom. The number of fused-ring (bicyclic) bond motifs is 1. The van der Waals surface area contributed by atoms with E-state index in [1.54, 1.807) is 0 Å². The molecular formula is C8H13NO2. The van der Waals surface area contributed by atoms with Gasteiger partial charge in [-0.05, 0) is 12.8 Å². The van der Waals surface area contributed by atoms with Gasteiger partial charge in [0.1, 0.15) is 0 Å². The largest absolute Gasteiger partial charge is 0.390 e. The molecule has 1 N–H and O–H groups in total. The van der Waals surface area contributed by atoms with Crippen molar-refractivity contribution in [2.24, 2.45) is 5.92 Å². The Labute approximate surface area is 66.0 Å². The van der Waals surface area contributed by atoms with Gasteiger partial charge in [0.2, 0.25) is 5.91 Å². The predicted octanol–water partition coefficient (Wildman–Crippen LogP) is -0.0120. The molecule has 3 heteroatoms. The van der Waals surface area contributed by atoms with Gasteiger partial charge in [0.05, 0.1) is 18.1 Å². The molecule has 11 heavy (non-hydrogen) atoms. The zero-order valence-electron chi connectivity index (χ0n) is 6.66. The van der Waals surface area contributed by atoms with Crippen LogP contribution >= 0.6 is 0 Å². The Hall–Kier alpha value is -0.570. The van der Waals surface area contributed by atoms with Crippen LogP contribution in [0.2, 0.25) is 0 Å². The van der Waals surface area contributed by atoms with Crippen LogP contribution < -0.4 is 0 Å². The van der Waals surface area contributed by atoms with Gasteiger partial charge in [-0.2, -0.15) is 0 Å². The van der Waals surface area contributed by atoms with Crippen LogP contribution in [0.5, 0.6) is 0 Å². The first kappa shape index (κ1) is 7.10. The van der Waals surface area contributed by atoms with E-state index in [1.807, 2.05) is 11.8 Å². The Morgan fingerprint density at radius 2 is 2.36 bits per heavy atom. The van der Waals surface area contributed by atoms with E-state index in [4.69, 9.17) is 0 Å². The van der Waals surface area contributed by atoms with Gasteiger partial charge in [0.15, 0.2) is 0 Å². The van der Waals surface area contributed by atoms with Crippen molar-refractivity contribution >= 4 is 5.91 Å². The van der Waals surface area contributed by atoms with Gasteiger partial charge in [-0.3, -0.25) is 4.79 Å². The first-order chi connectivity index (χ1) is 5.22. The number of aliphatic hydroxyl groups is 1. The van der Waals surface area contributed by atoms with E-state index >= 15 is 0 Å². The summed E-state index contributed by atoms with van der Waals surface area (Å²) >= 11 is 0. The Morgan fingerprint density at radius 1 is 1.64 bits per heavy atom. The molecule has 2 saturated heterocycles. The van der Waals surface area contributed by atoms with Crippen LogP contribution in [0.4, 0.5) is 0 Å². The number of carbonyl (C=O) groups is 1. The molecule has 3 atom stereocenters. The maximum Gasteiger partial charge on any atom is 0.228 e. The van der Waals surface area contributed by atoms with Gasteiger partial charge in [-0.15, -0.1) is 0 Å². The predicted molar refractivity (Wildman–Crippen MR) is 39.9 cm³/mol. The molecule has 0 aromatic heterocycles. The van der Waals surface area contributed by atoms with Crippen molar-refractivity contribution in [3.8, 4) is 0 Å². The number of hydrogen-bond donors (Lipinski definition) is 1. The standard InChI is InChI=1S/C8H13NO2/c1-5-7(10)6-3-2-4-9(6)8(5)11/h5-7,10H,2-4H2,1H3. The number of amides is 1. The molecule has 2 heterocycles. The summed E-state index contributed by atoms with van der Waals surface area (Å²) in [7, 11) is 0. The van der Waals surface area contributed by atoms with Gasteiger partial charge in [-0.25, -0.2) is 0 Å². The highest BCUT2D eigenvalue weighted by atomic mass is 16.3. The van der Waals surface area contributed by atoms with Crippen LogP contribution in [0, 0.1) is 5.92 Å². The normalized spacial score (nSPS) is 43.3. The Kier molecular flexibility index (Phi) is 1.42. The fraction of sp³-hybridized carbons (Fsp3) is 0.875. The van der Waals surface area contributed by atoms with E-state index in [0.717, 1.165) is 19.4 Å². The lowest BCUT2D eigenvalue weighted by atomic mass is 10.0. The summed E-state index contributed by atoms with van der Waals surface area (Å²) in [4.78, 5) is 13.2. The third kappa shape index (κ3) is 0.805. The van der Waals surface area contributed by atoms with E-state index < -0.39 is 6.10 Å². The molecule has 2 aliphatic rings. The van der Waals surface area contributed by atoms with Gasteiger partial charge in [0, 0.05) is 6.54 Å². The molecule has 3 nitrogen and oxygen atoms in total. The van der Waals surface area contributed by atoms with Gasteiger partial charge >= 0.3 is 0 Å². The first-order valence-electron chi connectivity index (χ1n) is 4.20. The topological polar surface area (TPSA) is 40.5 Å². The summed E-state index contributed by atoms with van der Waals surface area (Å²) in [5.41, 5.74) is 0. The van der Waals surface area contributed by atoms with Crippen LogP contribution in [0.15, 0.2) is 0 Å². The lowest BCUT2D eigenvalue weighted by Crippen LogP contribution is -2.30. The molecule has 0 aliphatic carbocycles. The number of carbonyl (C=O) groups excluding carboxylic acids is 1. The zero-order valence-corrected chi connectivity index (χ0v) is 6.66. The molecule has 0 radical (unpaired) electrons. The smallest absolute Gasteiger partial charge is 0.228 e. The SMILES string of the molecule is CC1C(=O)N2CCCC2C1O. The average Bonchev–Trinajstić information content (AvgIpc) is 2.53. The quantitative estimate of drug-likeness (QED) is 0.534. The summed E-state index contributed by atoms with van der Waals surface area (Å²) in [6, 6.07) is 0.137. The molecule has 2 rings (SSSR count). The molecule has 0 saturated carbocycles. The minimum absolute atomic E-state index is 0.137. The fourth-order valence-corrected chi connectivity index (χ4v) is 2.16. The van der Waals surface area contributed by atoms with E-state index in [9.17, 15) is 9.90 Å². The first-order valence-corrected chi connectivity index (χ1v) is 4.20. The second-order valence-electron chi connectivity index (χ2n) is 3.52. The fourth-order valence-electron chi connectivity index (χ4n) is 2.16. The number of hydrogen-bond acceptors (Lipinski definition) is 2. The number of nitrogens with zero attached hydrogens (tertiary/aromatic N) is 1. The molecule has 0 bridgehead atoms. The van der Waals surface area contributed by atoms with Crippen LogP contribution in [0.25, 0.3) is 0 Å². The molecule has 2 fully saturated rings.